The Hall–Kier alpha value is -2.77. The van der Waals surface area contributed by atoms with Crippen LogP contribution in [0.4, 0.5) is 0 Å². The molecule has 1 unspecified atom stereocenters. The molecule has 4 rings (SSSR count). The van der Waals surface area contributed by atoms with Crippen molar-refractivity contribution in [2.45, 2.75) is 52.5 Å². The molecule has 1 aliphatic rings. The molecule has 0 aliphatic carbocycles. The van der Waals surface area contributed by atoms with Gasteiger partial charge in [-0.05, 0) is 45.6 Å². The number of carbonyl (C=O) groups is 1. The van der Waals surface area contributed by atoms with E-state index in [1.165, 1.54) is 6.33 Å². The Morgan fingerprint density at radius 3 is 2.96 bits per heavy atom. The van der Waals surface area contributed by atoms with Crippen LogP contribution in [0.3, 0.4) is 0 Å². The van der Waals surface area contributed by atoms with Gasteiger partial charge in [-0.15, -0.1) is 0 Å². The van der Waals surface area contributed by atoms with Gasteiger partial charge in [0, 0.05) is 30.4 Å². The number of rotatable bonds is 4. The molecule has 1 amide bonds. The third kappa shape index (κ3) is 2.85. The number of fused-ring (bicyclic) bond motifs is 1. The molecule has 136 valence electrons. The molecule has 0 spiro atoms. The summed E-state index contributed by atoms with van der Waals surface area (Å²) < 4.78 is 7.12. The standard InChI is InChI=1S/C18H22N6O2/c1-11-9-16(26-22-11)15-5-4-8-23(15)17(25)7-6-14-12(2)21-18-19-10-20-24(18)13(14)3/h9-10,15H,4-8H2,1-3H3. The van der Waals surface area contributed by atoms with Crippen LogP contribution >= 0.6 is 0 Å². The maximum Gasteiger partial charge on any atom is 0.252 e. The molecule has 1 fully saturated rings. The number of aromatic nitrogens is 5. The second-order valence-corrected chi connectivity index (χ2v) is 6.85. The van der Waals surface area contributed by atoms with Crippen LogP contribution in [-0.2, 0) is 11.2 Å². The molecule has 1 saturated heterocycles. The van der Waals surface area contributed by atoms with Crippen LogP contribution in [0, 0.1) is 20.8 Å². The molecule has 0 saturated carbocycles. The molecule has 0 aromatic carbocycles. The van der Waals surface area contributed by atoms with E-state index in [-0.39, 0.29) is 11.9 Å². The first-order valence-electron chi connectivity index (χ1n) is 8.93. The van der Waals surface area contributed by atoms with Crippen molar-refractivity contribution in [3.05, 3.63) is 40.8 Å². The lowest BCUT2D eigenvalue weighted by Gasteiger charge is -2.23. The van der Waals surface area contributed by atoms with Gasteiger partial charge >= 0.3 is 0 Å². The van der Waals surface area contributed by atoms with Gasteiger partial charge in [-0.3, -0.25) is 4.79 Å². The highest BCUT2D eigenvalue weighted by atomic mass is 16.5. The van der Waals surface area contributed by atoms with Crippen molar-refractivity contribution in [2.24, 2.45) is 0 Å². The highest BCUT2D eigenvalue weighted by Gasteiger charge is 2.32. The van der Waals surface area contributed by atoms with E-state index < -0.39 is 0 Å². The van der Waals surface area contributed by atoms with Crippen LogP contribution in [0.15, 0.2) is 16.9 Å². The normalized spacial score (nSPS) is 17.3. The molecule has 8 nitrogen and oxygen atoms in total. The first kappa shape index (κ1) is 16.7. The Labute approximate surface area is 151 Å². The predicted molar refractivity (Wildman–Crippen MR) is 93.5 cm³/mol. The summed E-state index contributed by atoms with van der Waals surface area (Å²) in [6.45, 7) is 6.61. The molecule has 0 N–H and O–H groups in total. The minimum atomic E-state index is 0.00168. The zero-order chi connectivity index (χ0) is 18.3. The number of hydrogen-bond donors (Lipinski definition) is 0. The molecule has 8 heteroatoms. The fourth-order valence-electron chi connectivity index (χ4n) is 3.79. The number of likely N-dealkylation sites (tertiary alicyclic amines) is 1. The molecule has 3 aromatic rings. The number of amides is 1. The van der Waals surface area contributed by atoms with E-state index in [4.69, 9.17) is 4.52 Å². The van der Waals surface area contributed by atoms with Crippen LogP contribution in [0.25, 0.3) is 5.78 Å². The van der Waals surface area contributed by atoms with E-state index in [2.05, 4.69) is 20.2 Å². The second kappa shape index (κ2) is 6.51. The Morgan fingerprint density at radius 1 is 1.35 bits per heavy atom. The van der Waals surface area contributed by atoms with E-state index >= 15 is 0 Å². The van der Waals surface area contributed by atoms with Crippen molar-refractivity contribution in [3.63, 3.8) is 0 Å². The SMILES string of the molecule is Cc1cc(C2CCCN2C(=O)CCc2c(C)nc3ncnn3c2C)on1. The zero-order valence-corrected chi connectivity index (χ0v) is 15.3. The summed E-state index contributed by atoms with van der Waals surface area (Å²) in [6, 6.07) is 1.93. The molecule has 26 heavy (non-hydrogen) atoms. The van der Waals surface area contributed by atoms with Gasteiger partial charge in [-0.2, -0.15) is 10.1 Å². The summed E-state index contributed by atoms with van der Waals surface area (Å²) in [5.41, 5.74) is 3.79. The summed E-state index contributed by atoms with van der Waals surface area (Å²) >= 11 is 0. The van der Waals surface area contributed by atoms with Gasteiger partial charge in [0.05, 0.1) is 11.7 Å². The fraction of sp³-hybridized carbons (Fsp3) is 0.500. The lowest BCUT2D eigenvalue weighted by molar-refractivity contribution is -0.132. The molecule has 0 bridgehead atoms. The first-order chi connectivity index (χ1) is 12.5. The van der Waals surface area contributed by atoms with Gasteiger partial charge in [0.2, 0.25) is 5.91 Å². The molecule has 1 atom stereocenters. The highest BCUT2D eigenvalue weighted by molar-refractivity contribution is 5.77. The Morgan fingerprint density at radius 2 is 2.19 bits per heavy atom. The van der Waals surface area contributed by atoms with Crippen molar-refractivity contribution in [2.75, 3.05) is 6.54 Å². The van der Waals surface area contributed by atoms with Gasteiger partial charge in [-0.1, -0.05) is 5.16 Å². The maximum atomic E-state index is 12.9. The van der Waals surface area contributed by atoms with Crippen molar-refractivity contribution >= 4 is 11.7 Å². The van der Waals surface area contributed by atoms with Crippen molar-refractivity contribution in [1.82, 2.24) is 29.6 Å². The van der Waals surface area contributed by atoms with Gasteiger partial charge in [0.25, 0.3) is 5.78 Å². The Bertz CT molecular complexity index is 960. The number of nitrogens with zero attached hydrogens (tertiary/aromatic N) is 6. The van der Waals surface area contributed by atoms with Gasteiger partial charge < -0.3 is 9.42 Å². The van der Waals surface area contributed by atoms with Gasteiger partial charge in [0.15, 0.2) is 5.76 Å². The van der Waals surface area contributed by atoms with Crippen molar-refractivity contribution in [3.8, 4) is 0 Å². The topological polar surface area (TPSA) is 89.4 Å². The summed E-state index contributed by atoms with van der Waals surface area (Å²) in [5.74, 6) is 1.51. The average Bonchev–Trinajstić information content (AvgIpc) is 3.33. The fourth-order valence-corrected chi connectivity index (χ4v) is 3.79. The van der Waals surface area contributed by atoms with E-state index in [1.807, 2.05) is 31.7 Å². The van der Waals surface area contributed by atoms with Crippen molar-refractivity contribution in [1.29, 1.82) is 0 Å². The quantitative estimate of drug-likeness (QED) is 0.714. The van der Waals surface area contributed by atoms with Crippen LogP contribution in [0.5, 0.6) is 0 Å². The lowest BCUT2D eigenvalue weighted by atomic mass is 10.1. The zero-order valence-electron chi connectivity index (χ0n) is 15.3. The summed E-state index contributed by atoms with van der Waals surface area (Å²) in [7, 11) is 0. The number of carbonyl (C=O) groups excluding carboxylic acids is 1. The molecule has 4 heterocycles. The third-order valence-electron chi connectivity index (χ3n) is 5.13. The Kier molecular flexibility index (Phi) is 4.18. The average molecular weight is 354 g/mol. The maximum absolute atomic E-state index is 12.9. The molecule has 0 radical (unpaired) electrons. The summed E-state index contributed by atoms with van der Waals surface area (Å²) in [5, 5.41) is 8.17. The smallest absolute Gasteiger partial charge is 0.252 e. The minimum absolute atomic E-state index is 0.00168. The number of hydrogen-bond acceptors (Lipinski definition) is 6. The summed E-state index contributed by atoms with van der Waals surface area (Å²) in [4.78, 5) is 23.4. The molecular formula is C18H22N6O2. The first-order valence-corrected chi connectivity index (χ1v) is 8.93. The molecular weight excluding hydrogens is 332 g/mol. The highest BCUT2D eigenvalue weighted by Crippen LogP contribution is 2.33. The number of aryl methyl sites for hydroxylation is 3. The minimum Gasteiger partial charge on any atom is -0.359 e. The van der Waals surface area contributed by atoms with Crippen molar-refractivity contribution < 1.29 is 9.32 Å². The third-order valence-corrected chi connectivity index (χ3v) is 5.13. The predicted octanol–water partition coefficient (Wildman–Crippen LogP) is 2.33. The van der Waals surface area contributed by atoms with Crippen LogP contribution < -0.4 is 0 Å². The van der Waals surface area contributed by atoms with E-state index in [1.54, 1.807) is 4.52 Å². The van der Waals surface area contributed by atoms with E-state index in [0.29, 0.717) is 18.6 Å². The van der Waals surface area contributed by atoms with E-state index in [0.717, 1.165) is 47.8 Å². The van der Waals surface area contributed by atoms with Crippen LogP contribution in [-0.4, -0.2) is 42.1 Å². The van der Waals surface area contributed by atoms with Gasteiger partial charge in [-0.25, -0.2) is 9.50 Å². The van der Waals surface area contributed by atoms with Crippen LogP contribution in [0.2, 0.25) is 0 Å². The Balaban J connectivity index is 1.50. The van der Waals surface area contributed by atoms with E-state index in [9.17, 15) is 4.79 Å². The summed E-state index contributed by atoms with van der Waals surface area (Å²) in [6.07, 6.45) is 4.48. The molecule has 3 aromatic heterocycles. The monoisotopic (exact) mass is 354 g/mol. The van der Waals surface area contributed by atoms with Gasteiger partial charge in [0.1, 0.15) is 6.33 Å². The molecule has 1 aliphatic heterocycles. The lowest BCUT2D eigenvalue weighted by Crippen LogP contribution is -2.30. The largest absolute Gasteiger partial charge is 0.359 e. The van der Waals surface area contributed by atoms with Crippen LogP contribution in [0.1, 0.15) is 53.7 Å². The second-order valence-electron chi connectivity index (χ2n) is 6.85.